The first-order valence-corrected chi connectivity index (χ1v) is 7.98. The van der Waals surface area contributed by atoms with E-state index < -0.39 is 6.04 Å². The Morgan fingerprint density at radius 1 is 1.23 bits per heavy atom. The molecule has 2 atom stereocenters. The molecule has 3 N–H and O–H groups in total. The van der Waals surface area contributed by atoms with Crippen molar-refractivity contribution in [2.24, 2.45) is 11.7 Å². The van der Waals surface area contributed by atoms with Crippen LogP contribution in [0.2, 0.25) is 0 Å². The molecule has 0 radical (unpaired) electrons. The molecule has 1 aliphatic heterocycles. The Bertz CT molecular complexity index is 521. The molecular formula is C17H25N3O2. The number of hydrogen-bond donors (Lipinski definition) is 2. The number of anilines is 1. The lowest BCUT2D eigenvalue weighted by molar-refractivity contribution is -0.118. The third kappa shape index (κ3) is 3.85. The van der Waals surface area contributed by atoms with Crippen LogP contribution in [0.25, 0.3) is 0 Å². The van der Waals surface area contributed by atoms with Crippen LogP contribution in [-0.4, -0.2) is 35.8 Å². The standard InChI is InChI=1S/C17H25N3O2/c1-3-12(2)15(18)16(21)19-14-8-6-13(7-9-14)17(22)20-10-4-5-11-20/h6-9,12,15H,3-5,10-11,18H2,1-2H3,(H,19,21). The van der Waals surface area contributed by atoms with E-state index in [1.807, 2.05) is 18.7 Å². The maximum atomic E-state index is 12.2. The van der Waals surface area contributed by atoms with Gasteiger partial charge in [0.2, 0.25) is 5.91 Å². The predicted molar refractivity (Wildman–Crippen MR) is 87.6 cm³/mol. The van der Waals surface area contributed by atoms with Crippen molar-refractivity contribution in [1.29, 1.82) is 0 Å². The van der Waals surface area contributed by atoms with Crippen LogP contribution >= 0.6 is 0 Å². The van der Waals surface area contributed by atoms with Gasteiger partial charge in [-0.3, -0.25) is 9.59 Å². The summed E-state index contributed by atoms with van der Waals surface area (Å²) in [5, 5.41) is 2.80. The molecule has 5 nitrogen and oxygen atoms in total. The number of benzene rings is 1. The van der Waals surface area contributed by atoms with Gasteiger partial charge >= 0.3 is 0 Å². The van der Waals surface area contributed by atoms with Crippen molar-refractivity contribution >= 4 is 17.5 Å². The normalized spacial score (nSPS) is 17.1. The van der Waals surface area contributed by atoms with Gasteiger partial charge in [-0.25, -0.2) is 0 Å². The van der Waals surface area contributed by atoms with Crippen LogP contribution in [0.15, 0.2) is 24.3 Å². The smallest absolute Gasteiger partial charge is 0.253 e. The summed E-state index contributed by atoms with van der Waals surface area (Å²) in [5.74, 6) is 0.00988. The second kappa shape index (κ2) is 7.40. The summed E-state index contributed by atoms with van der Waals surface area (Å²) in [6.45, 7) is 5.64. The maximum Gasteiger partial charge on any atom is 0.253 e. The Morgan fingerprint density at radius 3 is 2.36 bits per heavy atom. The largest absolute Gasteiger partial charge is 0.339 e. The van der Waals surface area contributed by atoms with E-state index in [2.05, 4.69) is 5.32 Å². The number of rotatable bonds is 5. The van der Waals surface area contributed by atoms with E-state index in [-0.39, 0.29) is 17.7 Å². The molecule has 2 rings (SSSR count). The molecule has 1 aliphatic rings. The summed E-state index contributed by atoms with van der Waals surface area (Å²) in [5.41, 5.74) is 7.23. The fraction of sp³-hybridized carbons (Fsp3) is 0.529. The van der Waals surface area contributed by atoms with E-state index in [4.69, 9.17) is 5.73 Å². The highest BCUT2D eigenvalue weighted by Gasteiger charge is 2.21. The molecule has 2 amide bonds. The lowest BCUT2D eigenvalue weighted by atomic mass is 9.99. The third-order valence-corrected chi connectivity index (χ3v) is 4.35. The Kier molecular flexibility index (Phi) is 5.55. The van der Waals surface area contributed by atoms with E-state index >= 15 is 0 Å². The fourth-order valence-electron chi connectivity index (χ4n) is 2.54. The molecular weight excluding hydrogens is 278 g/mol. The molecule has 1 heterocycles. The van der Waals surface area contributed by atoms with E-state index in [0.29, 0.717) is 11.3 Å². The van der Waals surface area contributed by atoms with Crippen molar-refractivity contribution in [3.8, 4) is 0 Å². The van der Waals surface area contributed by atoms with Gasteiger partial charge in [-0.1, -0.05) is 20.3 Å². The van der Waals surface area contributed by atoms with Gasteiger partial charge in [0, 0.05) is 24.3 Å². The van der Waals surface area contributed by atoms with E-state index in [1.165, 1.54) is 0 Å². The summed E-state index contributed by atoms with van der Waals surface area (Å²) in [4.78, 5) is 26.1. The SMILES string of the molecule is CCC(C)C(N)C(=O)Nc1ccc(C(=O)N2CCCC2)cc1. The molecule has 0 bridgehead atoms. The number of likely N-dealkylation sites (tertiary alicyclic amines) is 1. The van der Waals surface area contributed by atoms with Gasteiger partial charge in [0.25, 0.3) is 5.91 Å². The fourth-order valence-corrected chi connectivity index (χ4v) is 2.54. The van der Waals surface area contributed by atoms with Crippen molar-refractivity contribution in [3.63, 3.8) is 0 Å². The minimum Gasteiger partial charge on any atom is -0.339 e. The van der Waals surface area contributed by atoms with Crippen molar-refractivity contribution in [3.05, 3.63) is 29.8 Å². The highest BCUT2D eigenvalue weighted by molar-refractivity contribution is 5.97. The predicted octanol–water partition coefficient (Wildman–Crippen LogP) is 2.23. The Labute approximate surface area is 131 Å². The van der Waals surface area contributed by atoms with Gasteiger partial charge in [0.05, 0.1) is 6.04 Å². The van der Waals surface area contributed by atoms with Gasteiger partial charge in [0.15, 0.2) is 0 Å². The summed E-state index contributed by atoms with van der Waals surface area (Å²) in [6.07, 6.45) is 3.01. The van der Waals surface area contributed by atoms with Gasteiger partial charge in [-0.05, 0) is 43.0 Å². The molecule has 5 heteroatoms. The van der Waals surface area contributed by atoms with Gasteiger partial charge in [-0.15, -0.1) is 0 Å². The van der Waals surface area contributed by atoms with E-state index in [1.54, 1.807) is 24.3 Å². The van der Waals surface area contributed by atoms with Crippen LogP contribution < -0.4 is 11.1 Å². The van der Waals surface area contributed by atoms with E-state index in [9.17, 15) is 9.59 Å². The highest BCUT2D eigenvalue weighted by atomic mass is 16.2. The van der Waals surface area contributed by atoms with Crippen LogP contribution in [0.5, 0.6) is 0 Å². The number of carbonyl (C=O) groups is 2. The molecule has 0 aromatic heterocycles. The molecule has 2 unspecified atom stereocenters. The molecule has 1 saturated heterocycles. The molecule has 1 aromatic carbocycles. The molecule has 120 valence electrons. The van der Waals surface area contributed by atoms with Gasteiger partial charge in [-0.2, -0.15) is 0 Å². The van der Waals surface area contributed by atoms with Crippen LogP contribution in [-0.2, 0) is 4.79 Å². The molecule has 1 fully saturated rings. The highest BCUT2D eigenvalue weighted by Crippen LogP contribution is 2.16. The Hall–Kier alpha value is -1.88. The number of nitrogens with two attached hydrogens (primary N) is 1. The van der Waals surface area contributed by atoms with Crippen LogP contribution in [0, 0.1) is 5.92 Å². The first-order chi connectivity index (χ1) is 10.5. The maximum absolute atomic E-state index is 12.2. The lowest BCUT2D eigenvalue weighted by Gasteiger charge is -2.18. The van der Waals surface area contributed by atoms with Crippen molar-refractivity contribution in [2.75, 3.05) is 18.4 Å². The monoisotopic (exact) mass is 303 g/mol. The zero-order valence-electron chi connectivity index (χ0n) is 13.3. The molecule has 1 aromatic rings. The topological polar surface area (TPSA) is 75.4 Å². The van der Waals surface area contributed by atoms with Gasteiger partial charge in [0.1, 0.15) is 0 Å². The van der Waals surface area contributed by atoms with Crippen molar-refractivity contribution < 1.29 is 9.59 Å². The average molecular weight is 303 g/mol. The zero-order chi connectivity index (χ0) is 16.1. The Morgan fingerprint density at radius 2 is 1.82 bits per heavy atom. The summed E-state index contributed by atoms with van der Waals surface area (Å²) < 4.78 is 0. The average Bonchev–Trinajstić information content (AvgIpc) is 3.07. The summed E-state index contributed by atoms with van der Waals surface area (Å²) in [6, 6.07) is 6.50. The van der Waals surface area contributed by atoms with Crippen molar-refractivity contribution in [1.82, 2.24) is 4.90 Å². The first kappa shape index (κ1) is 16.5. The molecule has 0 spiro atoms. The van der Waals surface area contributed by atoms with Gasteiger partial charge < -0.3 is 16.0 Å². The number of hydrogen-bond acceptors (Lipinski definition) is 3. The second-order valence-corrected chi connectivity index (χ2v) is 5.98. The quantitative estimate of drug-likeness (QED) is 0.876. The minimum absolute atomic E-state index is 0.0617. The van der Waals surface area contributed by atoms with E-state index in [0.717, 1.165) is 32.4 Å². The summed E-state index contributed by atoms with van der Waals surface area (Å²) >= 11 is 0. The second-order valence-electron chi connectivity index (χ2n) is 5.98. The number of carbonyl (C=O) groups excluding carboxylic acids is 2. The molecule has 0 saturated carbocycles. The number of nitrogens with zero attached hydrogens (tertiary/aromatic N) is 1. The van der Waals surface area contributed by atoms with Crippen LogP contribution in [0.3, 0.4) is 0 Å². The Balaban J connectivity index is 1.97. The lowest BCUT2D eigenvalue weighted by Crippen LogP contribution is -2.40. The van der Waals surface area contributed by atoms with Crippen molar-refractivity contribution in [2.45, 2.75) is 39.2 Å². The number of amides is 2. The molecule has 22 heavy (non-hydrogen) atoms. The molecule has 0 aliphatic carbocycles. The first-order valence-electron chi connectivity index (χ1n) is 7.98. The van der Waals surface area contributed by atoms with Crippen LogP contribution in [0.1, 0.15) is 43.5 Å². The number of nitrogens with one attached hydrogen (secondary N) is 1. The third-order valence-electron chi connectivity index (χ3n) is 4.35. The minimum atomic E-state index is -0.518. The zero-order valence-corrected chi connectivity index (χ0v) is 13.3. The summed E-state index contributed by atoms with van der Waals surface area (Å²) in [7, 11) is 0. The van der Waals surface area contributed by atoms with Crippen LogP contribution in [0.4, 0.5) is 5.69 Å².